The molecule has 0 saturated heterocycles. The number of hydrogen-bond acceptors (Lipinski definition) is 3. The Kier molecular flexibility index (Phi) is 15.4. The van der Waals surface area contributed by atoms with E-state index in [1.807, 2.05) is 73.7 Å². The maximum Gasteiger partial charge on any atom is 0.241 e. The Hall–Kier alpha value is -2.38. The van der Waals surface area contributed by atoms with Gasteiger partial charge in [0.15, 0.2) is 0 Å². The predicted molar refractivity (Wildman–Crippen MR) is 153 cm³/mol. The molecule has 8 heteroatoms. The topological polar surface area (TPSA) is 94.7 Å². The Balaban J connectivity index is 0.00000253. The van der Waals surface area contributed by atoms with Gasteiger partial charge in [-0.2, -0.15) is 0 Å². The van der Waals surface area contributed by atoms with Gasteiger partial charge in [0.05, 0.1) is 17.0 Å². The van der Waals surface area contributed by atoms with Crippen LogP contribution in [0.2, 0.25) is 0 Å². The third-order valence-corrected chi connectivity index (χ3v) is 7.82. The van der Waals surface area contributed by atoms with Gasteiger partial charge in [-0.25, -0.2) is 13.1 Å². The molecule has 4 rings (SSSR count). The van der Waals surface area contributed by atoms with Crippen molar-refractivity contribution in [1.29, 1.82) is 0 Å². The van der Waals surface area contributed by atoms with Gasteiger partial charge in [0, 0.05) is 19.5 Å². The van der Waals surface area contributed by atoms with Crippen LogP contribution in [0.15, 0.2) is 120 Å². The maximum atomic E-state index is 13.5. The molecule has 5 nitrogen and oxygen atoms in total. The first-order valence-electron chi connectivity index (χ1n) is 12.5. The second-order valence-corrected chi connectivity index (χ2v) is 10.8. The Morgan fingerprint density at radius 3 is 1.69 bits per heavy atom. The van der Waals surface area contributed by atoms with Crippen molar-refractivity contribution >= 4 is 10.0 Å². The Morgan fingerprint density at radius 1 is 0.667 bits per heavy atom. The summed E-state index contributed by atoms with van der Waals surface area (Å²) < 4.78 is 29.9. The van der Waals surface area contributed by atoms with Crippen molar-refractivity contribution in [2.75, 3.05) is 6.54 Å². The quantitative estimate of drug-likeness (QED) is 0.161. The van der Waals surface area contributed by atoms with E-state index in [1.165, 1.54) is 5.56 Å². The first kappa shape index (κ1) is 34.7. The fourth-order valence-electron chi connectivity index (χ4n) is 4.39. The van der Waals surface area contributed by atoms with Crippen LogP contribution in [0.4, 0.5) is 0 Å². The molecule has 210 valence electrons. The molecule has 0 aliphatic heterocycles. The van der Waals surface area contributed by atoms with Gasteiger partial charge in [-0.3, -0.25) is 0 Å². The van der Waals surface area contributed by atoms with Crippen LogP contribution in [0.1, 0.15) is 47.2 Å². The van der Waals surface area contributed by atoms with Crippen molar-refractivity contribution in [2.45, 2.75) is 43.2 Å². The molecule has 0 unspecified atom stereocenters. The van der Waals surface area contributed by atoms with Crippen LogP contribution < -0.4 is 28.6 Å². The van der Waals surface area contributed by atoms with Crippen LogP contribution in [-0.4, -0.2) is 15.0 Å². The minimum Gasteiger partial charge on any atom is -1.00 e. The zero-order chi connectivity index (χ0) is 25.2. The molecule has 0 spiro atoms. The molecule has 0 aliphatic carbocycles. The van der Waals surface area contributed by atoms with E-state index >= 15 is 0 Å². The van der Waals surface area contributed by atoms with E-state index in [2.05, 4.69) is 46.4 Å². The summed E-state index contributed by atoms with van der Waals surface area (Å²) in [4.78, 5) is 0.267. The van der Waals surface area contributed by atoms with Crippen LogP contribution in [0.3, 0.4) is 0 Å². The molecule has 39 heavy (non-hydrogen) atoms. The summed E-state index contributed by atoms with van der Waals surface area (Å²) in [5.41, 5.74) is 4.32. The molecule has 0 aliphatic rings. The molecule has 0 heterocycles. The molecule has 0 radical (unpaired) electrons. The summed E-state index contributed by atoms with van der Waals surface area (Å²) in [5.74, 6) is 0. The van der Waals surface area contributed by atoms with Gasteiger partial charge in [0.2, 0.25) is 10.0 Å². The van der Waals surface area contributed by atoms with E-state index in [0.29, 0.717) is 0 Å². The Labute approximate surface area is 252 Å². The number of benzene rings is 4. The molecular weight excluding hydrogens is 615 g/mol. The van der Waals surface area contributed by atoms with Crippen LogP contribution in [0.25, 0.3) is 0 Å². The molecule has 4 aromatic carbocycles. The van der Waals surface area contributed by atoms with E-state index in [1.54, 1.807) is 12.1 Å². The third-order valence-electron chi connectivity index (χ3n) is 6.36. The minimum atomic E-state index is -3.74. The average Bonchev–Trinajstić information content (AvgIpc) is 2.91. The molecule has 0 aromatic heterocycles. The van der Waals surface area contributed by atoms with Gasteiger partial charge >= 0.3 is 0 Å². The largest absolute Gasteiger partial charge is 1.00 e. The second-order valence-electron chi connectivity index (χ2n) is 9.11. The number of hydrogen-bond donors (Lipinski definition) is 3. The van der Waals surface area contributed by atoms with Crippen molar-refractivity contribution in [3.8, 4) is 0 Å². The summed E-state index contributed by atoms with van der Waals surface area (Å²) in [6.45, 7) is 2.73. The summed E-state index contributed by atoms with van der Waals surface area (Å²) in [6.07, 6.45) is 3.08. The third kappa shape index (κ3) is 10.3. The molecule has 2 atom stereocenters. The number of halogens is 1. The number of quaternary nitrogens is 1. The monoisotopic (exact) mass is 653 g/mol. The Morgan fingerprint density at radius 2 is 1.15 bits per heavy atom. The zero-order valence-corrected chi connectivity index (χ0v) is 25.7. The van der Waals surface area contributed by atoms with E-state index in [4.69, 9.17) is 0 Å². The van der Waals surface area contributed by atoms with Gasteiger partial charge in [-0.1, -0.05) is 109 Å². The SMILES string of the molecule is Cc1ccc(S(=O)(=O)N[C@@H](c2ccccc2)[C@@H](NCCCCc2ccccc2)c2ccccc2)cc1.[Cl-].[NH4+].[Ru]. The molecular formula is C31H38ClN3O2RuS. The standard InChI is InChI=1S/C31H34N2O2S.ClH.H3N.Ru/c1-25-20-22-29(23-21-25)36(34,35)33-31(28-18-9-4-10-19-28)30(27-16-7-3-8-17-27)32-24-12-11-15-26-13-5-2-6-14-26;;;/h2-10,13-14,16-23,30-33H,11-12,15,24H2,1H3;1H;1H3;/t30-,31-;;;/m0.../s1. The number of nitrogens with one attached hydrogen (secondary N) is 2. The molecule has 0 fully saturated rings. The van der Waals surface area contributed by atoms with E-state index in [-0.39, 0.29) is 49.0 Å². The summed E-state index contributed by atoms with van der Waals surface area (Å²) >= 11 is 0. The van der Waals surface area contributed by atoms with Gasteiger partial charge in [-0.15, -0.1) is 0 Å². The number of sulfonamides is 1. The van der Waals surface area contributed by atoms with E-state index in [9.17, 15) is 8.42 Å². The van der Waals surface area contributed by atoms with Crippen LogP contribution >= 0.6 is 0 Å². The fourth-order valence-corrected chi connectivity index (χ4v) is 5.62. The van der Waals surface area contributed by atoms with Crippen molar-refractivity contribution in [3.05, 3.63) is 138 Å². The average molecular weight is 653 g/mol. The zero-order valence-electron chi connectivity index (χ0n) is 22.4. The van der Waals surface area contributed by atoms with Crippen LogP contribution in [-0.2, 0) is 35.9 Å². The van der Waals surface area contributed by atoms with E-state index < -0.39 is 16.1 Å². The summed E-state index contributed by atoms with van der Waals surface area (Å²) in [6, 6.07) is 36.7. The molecule has 0 bridgehead atoms. The Bertz CT molecular complexity index is 1310. The van der Waals surface area contributed by atoms with Gasteiger partial charge < -0.3 is 23.9 Å². The fraction of sp³-hybridized carbons (Fsp3) is 0.226. The number of rotatable bonds is 12. The maximum absolute atomic E-state index is 13.5. The van der Waals surface area contributed by atoms with Crippen molar-refractivity contribution in [1.82, 2.24) is 16.2 Å². The predicted octanol–water partition coefficient (Wildman–Crippen LogP) is 3.75. The summed E-state index contributed by atoms with van der Waals surface area (Å²) in [7, 11) is -3.74. The number of aryl methyl sites for hydroxylation is 2. The van der Waals surface area contributed by atoms with Crippen LogP contribution in [0, 0.1) is 6.92 Å². The van der Waals surface area contributed by atoms with Crippen molar-refractivity contribution in [2.24, 2.45) is 0 Å². The molecule has 0 saturated carbocycles. The van der Waals surface area contributed by atoms with Crippen LogP contribution in [0.5, 0.6) is 0 Å². The first-order chi connectivity index (χ1) is 17.5. The normalized spacial score (nSPS) is 12.2. The smallest absolute Gasteiger partial charge is 0.241 e. The van der Waals surface area contributed by atoms with Crippen molar-refractivity contribution in [3.63, 3.8) is 0 Å². The van der Waals surface area contributed by atoms with Crippen molar-refractivity contribution < 1.29 is 40.3 Å². The minimum absolute atomic E-state index is 0. The molecule has 6 N–H and O–H groups in total. The van der Waals surface area contributed by atoms with Gasteiger partial charge in [0.25, 0.3) is 0 Å². The second kappa shape index (κ2) is 17.3. The summed E-state index contributed by atoms with van der Waals surface area (Å²) in [5, 5.41) is 3.68. The van der Waals surface area contributed by atoms with E-state index in [0.717, 1.165) is 42.5 Å². The molecule has 0 amide bonds. The molecule has 4 aromatic rings. The van der Waals surface area contributed by atoms with Gasteiger partial charge in [-0.05, 0) is 61.6 Å². The number of unbranched alkanes of at least 4 members (excludes halogenated alkanes) is 1. The van der Waals surface area contributed by atoms with Gasteiger partial charge in [0.1, 0.15) is 0 Å². The first-order valence-corrected chi connectivity index (χ1v) is 14.0.